The molecule has 1 N–H and O–H groups in total. The third-order valence-electron chi connectivity index (χ3n) is 4.12. The lowest BCUT2D eigenvalue weighted by atomic mass is 10.0. The van der Waals surface area contributed by atoms with Crippen LogP contribution in [0.5, 0.6) is 5.75 Å². The van der Waals surface area contributed by atoms with Gasteiger partial charge in [-0.2, -0.15) is 18.2 Å². The van der Waals surface area contributed by atoms with Crippen molar-refractivity contribution in [3.63, 3.8) is 0 Å². The van der Waals surface area contributed by atoms with Gasteiger partial charge in [0.15, 0.2) is 0 Å². The van der Waals surface area contributed by atoms with Crippen molar-refractivity contribution in [1.29, 1.82) is 0 Å². The fourth-order valence-corrected chi connectivity index (χ4v) is 2.64. The van der Waals surface area contributed by atoms with E-state index in [2.05, 4.69) is 4.74 Å². The van der Waals surface area contributed by atoms with Crippen molar-refractivity contribution in [2.45, 2.75) is 32.6 Å². The predicted octanol–water partition coefficient (Wildman–Crippen LogP) is 5.75. The Morgan fingerprint density at radius 2 is 1.90 bits per heavy atom. The van der Waals surface area contributed by atoms with E-state index in [1.165, 1.54) is 18.2 Å². The van der Waals surface area contributed by atoms with Gasteiger partial charge in [0, 0.05) is 5.56 Å². The highest BCUT2D eigenvalue weighted by molar-refractivity contribution is 5.86. The molecule has 0 spiro atoms. The zero-order valence-corrected chi connectivity index (χ0v) is 15.5. The third kappa shape index (κ3) is 5.14. The highest BCUT2D eigenvalue weighted by Crippen LogP contribution is 2.38. The van der Waals surface area contributed by atoms with Crippen molar-refractivity contribution >= 4 is 11.8 Å². The SMILES string of the molecule is CCc1ccc(OCc2c(N(O)C(=O)OC)cccc2C(F)(F)F)c(C(F)F)c1. The standard InChI is InChI=1S/C19H18F5NO4/c1-3-11-7-8-16(12(9-11)17(20)21)29-10-13-14(19(22,23)24)5-4-6-15(13)25(27)18(26)28-2/h4-9,17,27H,3,10H2,1-2H3. The van der Waals surface area contributed by atoms with Gasteiger partial charge in [-0.15, -0.1) is 0 Å². The van der Waals surface area contributed by atoms with Crippen LogP contribution in [0.2, 0.25) is 0 Å². The second-order valence-electron chi connectivity index (χ2n) is 5.90. The first-order valence-corrected chi connectivity index (χ1v) is 8.39. The van der Waals surface area contributed by atoms with Gasteiger partial charge in [-0.1, -0.05) is 19.1 Å². The van der Waals surface area contributed by atoms with Crippen LogP contribution < -0.4 is 9.80 Å². The summed E-state index contributed by atoms with van der Waals surface area (Å²) in [6.45, 7) is 0.934. The number of halogens is 5. The van der Waals surface area contributed by atoms with Gasteiger partial charge >= 0.3 is 12.3 Å². The second-order valence-corrected chi connectivity index (χ2v) is 5.90. The van der Waals surface area contributed by atoms with E-state index in [9.17, 15) is 32.0 Å². The zero-order valence-electron chi connectivity index (χ0n) is 15.5. The average Bonchev–Trinajstić information content (AvgIpc) is 2.69. The summed E-state index contributed by atoms with van der Waals surface area (Å²) in [5.74, 6) is -0.303. The molecule has 0 unspecified atom stereocenters. The number of hydrogen-bond donors (Lipinski definition) is 1. The number of alkyl halides is 5. The molecule has 2 aromatic carbocycles. The van der Waals surface area contributed by atoms with E-state index in [-0.39, 0.29) is 10.8 Å². The number of carbonyl (C=O) groups excluding carboxylic acids is 1. The zero-order chi connectivity index (χ0) is 21.8. The Morgan fingerprint density at radius 1 is 1.21 bits per heavy atom. The van der Waals surface area contributed by atoms with E-state index >= 15 is 0 Å². The van der Waals surface area contributed by atoms with E-state index < -0.39 is 47.7 Å². The highest BCUT2D eigenvalue weighted by atomic mass is 19.4. The Bertz CT molecular complexity index is 870. The molecule has 0 aromatic heterocycles. The molecule has 0 saturated carbocycles. The maximum atomic E-state index is 13.4. The molecule has 10 heteroatoms. The van der Waals surface area contributed by atoms with Crippen molar-refractivity contribution in [3.8, 4) is 5.75 Å². The van der Waals surface area contributed by atoms with E-state index in [1.807, 2.05) is 0 Å². The first kappa shape index (κ1) is 22.4. The molecule has 0 heterocycles. The number of aryl methyl sites for hydroxylation is 1. The van der Waals surface area contributed by atoms with Crippen LogP contribution in [0.25, 0.3) is 0 Å². The van der Waals surface area contributed by atoms with Gasteiger partial charge in [0.05, 0.1) is 23.9 Å². The summed E-state index contributed by atoms with van der Waals surface area (Å²) in [5.41, 5.74) is -2.22. The van der Waals surface area contributed by atoms with Gasteiger partial charge in [0.25, 0.3) is 6.43 Å². The van der Waals surface area contributed by atoms with Crippen LogP contribution in [0.3, 0.4) is 0 Å². The number of benzene rings is 2. The number of rotatable bonds is 6. The Labute approximate surface area is 163 Å². The first-order chi connectivity index (χ1) is 13.6. The number of ether oxygens (including phenoxy) is 2. The minimum atomic E-state index is -4.84. The average molecular weight is 419 g/mol. The van der Waals surface area contributed by atoms with E-state index in [0.717, 1.165) is 25.3 Å². The van der Waals surface area contributed by atoms with Crippen molar-refractivity contribution in [3.05, 3.63) is 58.7 Å². The Balaban J connectivity index is 2.48. The topological polar surface area (TPSA) is 59.0 Å². The lowest BCUT2D eigenvalue weighted by molar-refractivity contribution is -0.138. The Kier molecular flexibility index (Phi) is 7.02. The summed E-state index contributed by atoms with van der Waals surface area (Å²) in [5, 5.41) is 9.78. The minimum absolute atomic E-state index is 0.109. The van der Waals surface area contributed by atoms with Crippen LogP contribution in [0.1, 0.15) is 35.6 Å². The summed E-state index contributed by atoms with van der Waals surface area (Å²) >= 11 is 0. The molecule has 29 heavy (non-hydrogen) atoms. The molecule has 5 nitrogen and oxygen atoms in total. The number of amides is 1. The molecule has 0 bridgehead atoms. The van der Waals surface area contributed by atoms with Gasteiger partial charge in [0.2, 0.25) is 0 Å². The highest BCUT2D eigenvalue weighted by Gasteiger charge is 2.36. The van der Waals surface area contributed by atoms with E-state index in [1.54, 1.807) is 6.92 Å². The lowest BCUT2D eigenvalue weighted by Crippen LogP contribution is -2.29. The number of carbonyl (C=O) groups is 1. The predicted molar refractivity (Wildman–Crippen MR) is 93.2 cm³/mol. The third-order valence-corrected chi connectivity index (χ3v) is 4.12. The monoisotopic (exact) mass is 419 g/mol. The fraction of sp³-hybridized carbons (Fsp3) is 0.316. The summed E-state index contributed by atoms with van der Waals surface area (Å²) in [7, 11) is 0.930. The summed E-state index contributed by atoms with van der Waals surface area (Å²) in [6, 6.07) is 6.72. The minimum Gasteiger partial charge on any atom is -0.488 e. The molecule has 0 radical (unpaired) electrons. The summed E-state index contributed by atoms with van der Waals surface area (Å²) in [6.07, 6.45) is -8.59. The molecule has 0 aliphatic carbocycles. The molecule has 0 aliphatic heterocycles. The molecular formula is C19H18F5NO4. The summed E-state index contributed by atoms with van der Waals surface area (Å²) in [4.78, 5) is 11.5. The van der Waals surface area contributed by atoms with Crippen LogP contribution in [-0.2, 0) is 23.9 Å². The van der Waals surface area contributed by atoms with Crippen molar-refractivity contribution in [2.75, 3.05) is 12.2 Å². The molecule has 0 aliphatic rings. The lowest BCUT2D eigenvalue weighted by Gasteiger charge is -2.22. The number of anilines is 1. The van der Waals surface area contributed by atoms with Crippen LogP contribution in [0.15, 0.2) is 36.4 Å². The molecule has 2 rings (SSSR count). The quantitative estimate of drug-likeness (QED) is 0.368. The van der Waals surface area contributed by atoms with Gasteiger partial charge in [-0.25, -0.2) is 13.6 Å². The number of methoxy groups -OCH3 is 1. The maximum absolute atomic E-state index is 13.4. The first-order valence-electron chi connectivity index (χ1n) is 8.39. The molecule has 1 amide bonds. The normalized spacial score (nSPS) is 11.5. The van der Waals surface area contributed by atoms with Crippen LogP contribution in [-0.4, -0.2) is 18.4 Å². The molecule has 0 saturated heterocycles. The van der Waals surface area contributed by atoms with Gasteiger partial charge < -0.3 is 9.47 Å². The van der Waals surface area contributed by atoms with Crippen molar-refractivity contribution in [2.24, 2.45) is 0 Å². The van der Waals surface area contributed by atoms with E-state index in [0.29, 0.717) is 12.0 Å². The Morgan fingerprint density at radius 3 is 2.45 bits per heavy atom. The van der Waals surface area contributed by atoms with Gasteiger partial charge in [0.1, 0.15) is 12.4 Å². The molecule has 0 fully saturated rings. The van der Waals surface area contributed by atoms with Crippen LogP contribution in [0, 0.1) is 0 Å². The number of hydroxylamine groups is 1. The second kappa shape index (κ2) is 9.08. The fourth-order valence-electron chi connectivity index (χ4n) is 2.64. The summed E-state index contributed by atoms with van der Waals surface area (Å²) < 4.78 is 76.5. The van der Waals surface area contributed by atoms with Crippen LogP contribution >= 0.6 is 0 Å². The maximum Gasteiger partial charge on any atom is 0.438 e. The number of hydrogen-bond acceptors (Lipinski definition) is 4. The van der Waals surface area contributed by atoms with E-state index in [4.69, 9.17) is 4.74 Å². The molecule has 0 atom stereocenters. The molecule has 2 aromatic rings. The van der Waals surface area contributed by atoms with Gasteiger partial charge in [-0.05, 0) is 36.2 Å². The van der Waals surface area contributed by atoms with Crippen molar-refractivity contribution < 1.29 is 41.4 Å². The smallest absolute Gasteiger partial charge is 0.438 e. The number of nitrogens with zero attached hydrogens (tertiary/aromatic N) is 1. The van der Waals surface area contributed by atoms with Crippen molar-refractivity contribution in [1.82, 2.24) is 0 Å². The largest absolute Gasteiger partial charge is 0.488 e. The Hall–Kier alpha value is -2.88. The molecule has 158 valence electrons. The van der Waals surface area contributed by atoms with Gasteiger partial charge in [-0.3, -0.25) is 5.21 Å². The molecular weight excluding hydrogens is 401 g/mol. The van der Waals surface area contributed by atoms with Crippen LogP contribution in [0.4, 0.5) is 32.4 Å².